The van der Waals surface area contributed by atoms with Crippen molar-refractivity contribution in [2.24, 2.45) is 0 Å². The molecular weight excluding hydrogens is 376 g/mol. The van der Waals surface area contributed by atoms with Crippen LogP contribution in [0.5, 0.6) is 0 Å². The summed E-state index contributed by atoms with van der Waals surface area (Å²) in [5, 5.41) is 11.8. The Labute approximate surface area is 159 Å². The molecule has 0 N–H and O–H groups in total. The number of aromatic nitrogens is 1. The Morgan fingerprint density at radius 2 is 1.96 bits per heavy atom. The van der Waals surface area contributed by atoms with E-state index < -0.39 is 24.3 Å². The number of benzene rings is 1. The predicted molar refractivity (Wildman–Crippen MR) is 96.2 cm³/mol. The minimum absolute atomic E-state index is 0.0397. The Balaban J connectivity index is 1.80. The van der Waals surface area contributed by atoms with Crippen LogP contribution in [-0.4, -0.2) is 29.1 Å². The summed E-state index contributed by atoms with van der Waals surface area (Å²) in [6.07, 6.45) is -0.190. The number of ether oxygens (including phenoxy) is 1. The fourth-order valence-corrected chi connectivity index (χ4v) is 3.06. The topological polar surface area (TPSA) is 97.1 Å². The summed E-state index contributed by atoms with van der Waals surface area (Å²) < 4.78 is 4.88. The molecule has 26 heavy (non-hydrogen) atoms. The molecule has 0 saturated heterocycles. The van der Waals surface area contributed by atoms with Crippen molar-refractivity contribution < 1.29 is 19.1 Å². The highest BCUT2D eigenvalue weighted by Crippen LogP contribution is 2.21. The third-order valence-electron chi connectivity index (χ3n) is 3.43. The number of rotatable bonds is 8. The summed E-state index contributed by atoms with van der Waals surface area (Å²) in [4.78, 5) is 39.9. The molecule has 0 radical (unpaired) electrons. The fourth-order valence-electron chi connectivity index (χ4n) is 2.07. The highest BCUT2D eigenvalue weighted by molar-refractivity contribution is 7.09. The number of carbonyl (C=O) groups is 3. The number of nitriles is 1. The summed E-state index contributed by atoms with van der Waals surface area (Å²) >= 11 is 6.96. The van der Waals surface area contributed by atoms with Gasteiger partial charge < -0.3 is 4.74 Å². The van der Waals surface area contributed by atoms with Crippen LogP contribution < -0.4 is 0 Å². The summed E-state index contributed by atoms with van der Waals surface area (Å²) in [6, 6.07) is 8.21. The first kappa shape index (κ1) is 19.8. The molecular formula is C18H15ClN2O4S. The average Bonchev–Trinajstić information content (AvgIpc) is 3.05. The number of halogens is 1. The van der Waals surface area contributed by atoms with Gasteiger partial charge >= 0.3 is 5.97 Å². The van der Waals surface area contributed by atoms with E-state index in [1.54, 1.807) is 36.6 Å². The smallest absolute Gasteiger partial charge is 0.306 e. The molecule has 8 heteroatoms. The van der Waals surface area contributed by atoms with Gasteiger partial charge in [-0.05, 0) is 31.2 Å². The van der Waals surface area contributed by atoms with Crippen LogP contribution in [0.15, 0.2) is 29.6 Å². The highest BCUT2D eigenvalue weighted by Gasteiger charge is 2.24. The number of thiazole rings is 1. The maximum atomic E-state index is 12.1. The Kier molecular flexibility index (Phi) is 7.01. The zero-order valence-electron chi connectivity index (χ0n) is 13.9. The number of Topliss-reactive ketones (excluding diaryl/α,β-unsaturated/α-hetero) is 2. The van der Waals surface area contributed by atoms with Gasteiger partial charge in [0.2, 0.25) is 0 Å². The Morgan fingerprint density at radius 1 is 1.27 bits per heavy atom. The van der Waals surface area contributed by atoms with Crippen molar-refractivity contribution in [1.29, 1.82) is 5.26 Å². The predicted octanol–water partition coefficient (Wildman–Crippen LogP) is 3.49. The van der Waals surface area contributed by atoms with Crippen LogP contribution in [0.25, 0.3) is 0 Å². The summed E-state index contributed by atoms with van der Waals surface area (Å²) in [7, 11) is 0. The van der Waals surface area contributed by atoms with Crippen LogP contribution in [0.3, 0.4) is 0 Å². The first-order valence-corrected chi connectivity index (χ1v) is 8.95. The van der Waals surface area contributed by atoms with Gasteiger partial charge in [-0.15, -0.1) is 11.3 Å². The van der Waals surface area contributed by atoms with Gasteiger partial charge in [-0.3, -0.25) is 14.4 Å². The van der Waals surface area contributed by atoms with E-state index in [2.05, 4.69) is 4.98 Å². The lowest BCUT2D eigenvalue weighted by molar-refractivity contribution is -0.148. The first-order valence-electron chi connectivity index (χ1n) is 7.69. The number of carbonyl (C=O) groups excluding carboxylic acids is 3. The lowest BCUT2D eigenvalue weighted by atomic mass is 10.1. The second-order valence-electron chi connectivity index (χ2n) is 5.45. The van der Waals surface area contributed by atoms with Crippen molar-refractivity contribution in [1.82, 2.24) is 4.98 Å². The van der Waals surface area contributed by atoms with Crippen LogP contribution in [0.4, 0.5) is 0 Å². The van der Waals surface area contributed by atoms with Crippen LogP contribution in [0, 0.1) is 18.3 Å². The molecule has 6 nitrogen and oxygen atoms in total. The van der Waals surface area contributed by atoms with Gasteiger partial charge in [0.1, 0.15) is 5.01 Å². The zero-order chi connectivity index (χ0) is 19.1. The van der Waals surface area contributed by atoms with E-state index in [9.17, 15) is 14.4 Å². The minimum Gasteiger partial charge on any atom is -0.458 e. The molecule has 1 atom stereocenters. The number of ketones is 2. The molecule has 0 amide bonds. The van der Waals surface area contributed by atoms with Crippen molar-refractivity contribution in [3.05, 3.63) is 50.9 Å². The first-order chi connectivity index (χ1) is 12.4. The van der Waals surface area contributed by atoms with Crippen molar-refractivity contribution in [2.45, 2.75) is 25.7 Å². The van der Waals surface area contributed by atoms with Gasteiger partial charge in [0.15, 0.2) is 24.1 Å². The van der Waals surface area contributed by atoms with E-state index in [-0.39, 0.29) is 18.6 Å². The van der Waals surface area contributed by atoms with E-state index >= 15 is 0 Å². The monoisotopic (exact) mass is 390 g/mol. The lowest BCUT2D eigenvalue weighted by Gasteiger charge is -2.07. The van der Waals surface area contributed by atoms with Crippen molar-refractivity contribution in [3.63, 3.8) is 0 Å². The Hall–Kier alpha value is -2.56. The molecule has 0 aliphatic heterocycles. The summed E-state index contributed by atoms with van der Waals surface area (Å²) in [5.74, 6) is -2.50. The number of aryl methyl sites for hydroxylation is 1. The Morgan fingerprint density at radius 3 is 2.54 bits per heavy atom. The van der Waals surface area contributed by atoms with Gasteiger partial charge in [-0.2, -0.15) is 5.26 Å². The minimum atomic E-state index is -1.06. The van der Waals surface area contributed by atoms with Crippen molar-refractivity contribution in [2.75, 3.05) is 6.61 Å². The zero-order valence-corrected chi connectivity index (χ0v) is 15.5. The molecule has 0 aliphatic rings. The van der Waals surface area contributed by atoms with Gasteiger partial charge in [-0.1, -0.05) is 11.6 Å². The summed E-state index contributed by atoms with van der Waals surface area (Å²) in [6.45, 7) is 1.24. The van der Waals surface area contributed by atoms with E-state index in [0.717, 1.165) is 5.69 Å². The lowest BCUT2D eigenvalue weighted by Crippen LogP contribution is -2.20. The number of nitrogens with zero attached hydrogens (tertiary/aromatic N) is 2. The molecule has 0 fully saturated rings. The van der Waals surface area contributed by atoms with E-state index in [0.29, 0.717) is 15.6 Å². The third kappa shape index (κ3) is 5.48. The average molecular weight is 391 g/mol. The standard InChI is InChI=1S/C18H15ClN2O4S/c1-11-10-26-18(21-11)14(8-20)16(23)9-25-17(24)7-6-15(22)12-2-4-13(19)5-3-12/h2-5,10,14H,6-7,9H2,1H3. The van der Waals surface area contributed by atoms with Crippen molar-refractivity contribution in [3.8, 4) is 6.07 Å². The molecule has 134 valence electrons. The molecule has 0 spiro atoms. The Bertz CT molecular complexity index is 855. The molecule has 1 unspecified atom stereocenters. The largest absolute Gasteiger partial charge is 0.458 e. The number of hydrogen-bond acceptors (Lipinski definition) is 7. The summed E-state index contributed by atoms with van der Waals surface area (Å²) in [5.41, 5.74) is 1.16. The second kappa shape index (κ2) is 9.22. The van der Waals surface area contributed by atoms with Gasteiger partial charge in [0.25, 0.3) is 0 Å². The van der Waals surface area contributed by atoms with Crippen molar-refractivity contribution >= 4 is 40.5 Å². The third-order valence-corrected chi connectivity index (χ3v) is 4.71. The number of hydrogen-bond donors (Lipinski definition) is 0. The maximum absolute atomic E-state index is 12.1. The van der Waals surface area contributed by atoms with Crippen LogP contribution in [0.1, 0.15) is 39.8 Å². The molecule has 2 aromatic rings. The highest BCUT2D eigenvalue weighted by atomic mass is 35.5. The second-order valence-corrected chi connectivity index (χ2v) is 6.77. The van der Waals surface area contributed by atoms with Crippen LogP contribution >= 0.6 is 22.9 Å². The number of esters is 1. The normalized spacial score (nSPS) is 11.4. The molecule has 2 rings (SSSR count). The van der Waals surface area contributed by atoms with Gasteiger partial charge in [0.05, 0.1) is 12.5 Å². The molecule has 1 aromatic carbocycles. The molecule has 0 bridgehead atoms. The van der Waals surface area contributed by atoms with Gasteiger partial charge in [0, 0.05) is 28.1 Å². The van der Waals surface area contributed by atoms with E-state index in [4.69, 9.17) is 21.6 Å². The van der Waals surface area contributed by atoms with E-state index in [1.807, 2.05) is 6.07 Å². The molecule has 0 aliphatic carbocycles. The van der Waals surface area contributed by atoms with Crippen LogP contribution in [-0.2, 0) is 14.3 Å². The van der Waals surface area contributed by atoms with Crippen LogP contribution in [0.2, 0.25) is 5.02 Å². The molecule has 0 saturated carbocycles. The molecule has 1 heterocycles. The SMILES string of the molecule is Cc1csc(C(C#N)C(=O)COC(=O)CCC(=O)c2ccc(Cl)cc2)n1. The van der Waals surface area contributed by atoms with Gasteiger partial charge in [-0.25, -0.2) is 4.98 Å². The quantitative estimate of drug-likeness (QED) is 0.505. The molecule has 1 aromatic heterocycles. The van der Waals surface area contributed by atoms with E-state index in [1.165, 1.54) is 11.3 Å². The maximum Gasteiger partial charge on any atom is 0.306 e. The fraction of sp³-hybridized carbons (Fsp3) is 0.278.